The molecule has 1 aromatic carbocycles. The van der Waals surface area contributed by atoms with Crippen LogP contribution in [0.1, 0.15) is 64.5 Å². The lowest BCUT2D eigenvalue weighted by Crippen LogP contribution is -2.42. The summed E-state index contributed by atoms with van der Waals surface area (Å²) < 4.78 is 0. The number of nitrogens with one attached hydrogen (secondary N) is 1. The Kier molecular flexibility index (Phi) is 5.47. The average molecular weight is 275 g/mol. The molecule has 3 unspecified atom stereocenters. The molecule has 2 nitrogen and oxygen atoms in total. The Morgan fingerprint density at radius 3 is 2.40 bits per heavy atom. The van der Waals surface area contributed by atoms with Crippen molar-refractivity contribution >= 4 is 0 Å². The van der Waals surface area contributed by atoms with E-state index in [1.165, 1.54) is 31.2 Å². The topological polar surface area (TPSA) is 32.3 Å². The van der Waals surface area contributed by atoms with Gasteiger partial charge in [-0.2, -0.15) is 0 Å². The fourth-order valence-electron chi connectivity index (χ4n) is 3.58. The first-order chi connectivity index (χ1) is 9.61. The maximum atomic E-state index is 9.43. The Bertz CT molecular complexity index is 398. The highest BCUT2D eigenvalue weighted by Crippen LogP contribution is 2.32. The van der Waals surface area contributed by atoms with E-state index in [0.29, 0.717) is 17.8 Å². The van der Waals surface area contributed by atoms with E-state index in [9.17, 15) is 5.11 Å². The van der Waals surface area contributed by atoms with Crippen molar-refractivity contribution in [3.63, 3.8) is 0 Å². The van der Waals surface area contributed by atoms with Crippen LogP contribution in [-0.2, 0) is 0 Å². The Hall–Kier alpha value is -1.02. The molecule has 20 heavy (non-hydrogen) atoms. The van der Waals surface area contributed by atoms with Crippen LogP contribution in [0.15, 0.2) is 24.3 Å². The van der Waals surface area contributed by atoms with Crippen molar-refractivity contribution in [2.24, 2.45) is 11.8 Å². The third-order valence-electron chi connectivity index (χ3n) is 4.79. The SMILES string of the molecule is CCC(NC1CCCCC1C(C)C)c1ccc(O)cc1. The molecule has 2 rings (SSSR count). The summed E-state index contributed by atoms with van der Waals surface area (Å²) in [7, 11) is 0. The van der Waals surface area contributed by atoms with Crippen molar-refractivity contribution in [2.75, 3.05) is 0 Å². The van der Waals surface area contributed by atoms with Crippen molar-refractivity contribution in [3.8, 4) is 5.75 Å². The minimum Gasteiger partial charge on any atom is -0.508 e. The van der Waals surface area contributed by atoms with Gasteiger partial charge in [-0.05, 0) is 48.8 Å². The largest absolute Gasteiger partial charge is 0.508 e. The number of hydrogen-bond donors (Lipinski definition) is 2. The molecule has 0 spiro atoms. The van der Waals surface area contributed by atoms with Crippen molar-refractivity contribution in [1.82, 2.24) is 5.32 Å². The first-order valence-electron chi connectivity index (χ1n) is 8.16. The maximum Gasteiger partial charge on any atom is 0.115 e. The molecular weight excluding hydrogens is 246 g/mol. The van der Waals surface area contributed by atoms with Crippen molar-refractivity contribution in [3.05, 3.63) is 29.8 Å². The molecule has 0 saturated heterocycles. The number of rotatable bonds is 5. The highest BCUT2D eigenvalue weighted by atomic mass is 16.3. The van der Waals surface area contributed by atoms with Gasteiger partial charge in [0.05, 0.1) is 0 Å². The molecule has 0 radical (unpaired) electrons. The minimum atomic E-state index is 0.348. The fraction of sp³-hybridized carbons (Fsp3) is 0.667. The number of phenols is 1. The quantitative estimate of drug-likeness (QED) is 0.820. The highest BCUT2D eigenvalue weighted by molar-refractivity contribution is 5.28. The summed E-state index contributed by atoms with van der Waals surface area (Å²) in [4.78, 5) is 0. The van der Waals surface area contributed by atoms with Gasteiger partial charge in [-0.1, -0.05) is 45.7 Å². The van der Waals surface area contributed by atoms with Crippen molar-refractivity contribution < 1.29 is 5.11 Å². The van der Waals surface area contributed by atoms with E-state index in [0.717, 1.165) is 18.3 Å². The predicted molar refractivity (Wildman–Crippen MR) is 84.9 cm³/mol. The predicted octanol–water partition coefficient (Wildman–Crippen LogP) is 4.65. The smallest absolute Gasteiger partial charge is 0.115 e. The number of phenolic OH excluding ortho intramolecular Hbond substituents is 1. The van der Waals surface area contributed by atoms with Gasteiger partial charge in [0.15, 0.2) is 0 Å². The van der Waals surface area contributed by atoms with Gasteiger partial charge in [0.2, 0.25) is 0 Å². The van der Waals surface area contributed by atoms with E-state index in [1.54, 1.807) is 12.1 Å². The lowest BCUT2D eigenvalue weighted by molar-refractivity contribution is 0.191. The van der Waals surface area contributed by atoms with E-state index in [4.69, 9.17) is 0 Å². The summed E-state index contributed by atoms with van der Waals surface area (Å²) in [6, 6.07) is 8.72. The molecule has 1 aromatic rings. The zero-order valence-corrected chi connectivity index (χ0v) is 13.1. The normalized spacial score (nSPS) is 24.8. The second-order valence-electron chi connectivity index (χ2n) is 6.52. The first kappa shape index (κ1) is 15.4. The van der Waals surface area contributed by atoms with E-state index in [2.05, 4.69) is 26.1 Å². The monoisotopic (exact) mass is 275 g/mol. The third-order valence-corrected chi connectivity index (χ3v) is 4.79. The van der Waals surface area contributed by atoms with Crippen LogP contribution < -0.4 is 5.32 Å². The zero-order valence-electron chi connectivity index (χ0n) is 13.1. The molecule has 1 saturated carbocycles. The van der Waals surface area contributed by atoms with Crippen LogP contribution in [0.2, 0.25) is 0 Å². The van der Waals surface area contributed by atoms with E-state index in [1.807, 2.05) is 12.1 Å². The van der Waals surface area contributed by atoms with Crippen LogP contribution in [0, 0.1) is 11.8 Å². The number of benzene rings is 1. The van der Waals surface area contributed by atoms with Gasteiger partial charge in [-0.15, -0.1) is 0 Å². The van der Waals surface area contributed by atoms with Crippen LogP contribution in [-0.4, -0.2) is 11.1 Å². The molecule has 1 fully saturated rings. The van der Waals surface area contributed by atoms with Crippen LogP contribution in [0.25, 0.3) is 0 Å². The summed E-state index contributed by atoms with van der Waals surface area (Å²) in [6.45, 7) is 6.94. The molecule has 0 heterocycles. The minimum absolute atomic E-state index is 0.348. The Balaban J connectivity index is 2.06. The van der Waals surface area contributed by atoms with Crippen LogP contribution >= 0.6 is 0 Å². The molecule has 1 aliphatic rings. The molecule has 0 bridgehead atoms. The van der Waals surface area contributed by atoms with Crippen molar-refractivity contribution in [1.29, 1.82) is 0 Å². The lowest BCUT2D eigenvalue weighted by Gasteiger charge is -2.37. The van der Waals surface area contributed by atoms with Gasteiger partial charge in [-0.25, -0.2) is 0 Å². The van der Waals surface area contributed by atoms with E-state index < -0.39 is 0 Å². The summed E-state index contributed by atoms with van der Waals surface area (Å²) in [5.74, 6) is 1.90. The van der Waals surface area contributed by atoms with Crippen molar-refractivity contribution in [2.45, 2.75) is 65.0 Å². The molecular formula is C18H29NO. The standard InChI is InChI=1S/C18H29NO/c1-4-17(14-9-11-15(20)12-10-14)19-18-8-6-5-7-16(18)13(2)3/h9-13,16-20H,4-8H2,1-3H3. The Labute approximate surface area is 123 Å². The van der Waals surface area contributed by atoms with Crippen LogP contribution in [0.4, 0.5) is 0 Å². The van der Waals surface area contributed by atoms with Gasteiger partial charge in [0, 0.05) is 12.1 Å². The van der Waals surface area contributed by atoms with E-state index in [-0.39, 0.29) is 0 Å². The third kappa shape index (κ3) is 3.76. The molecule has 1 aliphatic carbocycles. The molecule has 0 aliphatic heterocycles. The molecule has 0 amide bonds. The van der Waals surface area contributed by atoms with Gasteiger partial charge in [-0.3, -0.25) is 0 Å². The van der Waals surface area contributed by atoms with Gasteiger partial charge >= 0.3 is 0 Å². The molecule has 112 valence electrons. The maximum absolute atomic E-state index is 9.43. The molecule has 3 atom stereocenters. The second kappa shape index (κ2) is 7.12. The molecule has 2 heteroatoms. The summed E-state index contributed by atoms with van der Waals surface area (Å²) >= 11 is 0. The summed E-state index contributed by atoms with van der Waals surface area (Å²) in [5, 5.41) is 13.3. The van der Waals surface area contributed by atoms with Gasteiger partial charge in [0.25, 0.3) is 0 Å². The van der Waals surface area contributed by atoms with Gasteiger partial charge in [0.1, 0.15) is 5.75 Å². The zero-order chi connectivity index (χ0) is 14.5. The Morgan fingerprint density at radius 1 is 1.15 bits per heavy atom. The van der Waals surface area contributed by atoms with Crippen LogP contribution in [0.3, 0.4) is 0 Å². The molecule has 0 aromatic heterocycles. The number of hydrogen-bond acceptors (Lipinski definition) is 2. The molecule has 2 N–H and O–H groups in total. The summed E-state index contributed by atoms with van der Waals surface area (Å²) in [5.41, 5.74) is 1.29. The first-order valence-corrected chi connectivity index (χ1v) is 8.16. The van der Waals surface area contributed by atoms with E-state index >= 15 is 0 Å². The highest BCUT2D eigenvalue weighted by Gasteiger charge is 2.28. The average Bonchev–Trinajstić information content (AvgIpc) is 2.46. The number of aromatic hydroxyl groups is 1. The fourth-order valence-corrected chi connectivity index (χ4v) is 3.58. The summed E-state index contributed by atoms with van der Waals surface area (Å²) in [6.07, 6.45) is 6.49. The Morgan fingerprint density at radius 2 is 1.80 bits per heavy atom. The second-order valence-corrected chi connectivity index (χ2v) is 6.52. The van der Waals surface area contributed by atoms with Gasteiger partial charge < -0.3 is 10.4 Å². The van der Waals surface area contributed by atoms with Crippen LogP contribution in [0.5, 0.6) is 5.75 Å². The lowest BCUT2D eigenvalue weighted by atomic mass is 9.77.